The second-order valence-corrected chi connectivity index (χ2v) is 8.60. The molecule has 3 aromatic rings. The monoisotopic (exact) mass is 488 g/mol. The number of amides is 1. The number of carbonyl (C=O) groups excluding carboxylic acids is 1. The summed E-state index contributed by atoms with van der Waals surface area (Å²) in [6.07, 6.45) is 0. The fourth-order valence-corrected chi connectivity index (χ4v) is 4.66. The van der Waals surface area contributed by atoms with Gasteiger partial charge in [-0.3, -0.25) is 4.79 Å². The highest BCUT2D eigenvalue weighted by Crippen LogP contribution is 2.28. The third kappa shape index (κ3) is 5.58. The first-order valence-corrected chi connectivity index (χ1v) is 11.1. The molecule has 0 saturated heterocycles. The molecule has 0 aliphatic carbocycles. The Morgan fingerprint density at radius 2 is 1.72 bits per heavy atom. The van der Waals surface area contributed by atoms with E-state index in [1.165, 1.54) is 17.8 Å². The number of rotatable bonds is 7. The average molecular weight is 490 g/mol. The summed E-state index contributed by atoms with van der Waals surface area (Å²) in [5, 5.41) is 14.0. The van der Waals surface area contributed by atoms with Crippen molar-refractivity contribution in [1.82, 2.24) is 20.1 Å². The second-order valence-electron chi connectivity index (χ2n) is 5.97. The molecule has 10 heteroatoms. The lowest BCUT2D eigenvalue weighted by molar-refractivity contribution is 0.0949. The molecule has 1 N–H and O–H groups in total. The SMILES string of the molecule is CCn1c(CNC(=O)c2ccc(Cl)cc2Cl)nnc1SCc1ccc(Cl)cc1Cl. The molecule has 1 aromatic heterocycles. The van der Waals surface area contributed by atoms with Crippen LogP contribution < -0.4 is 5.32 Å². The molecule has 5 nitrogen and oxygen atoms in total. The molecular formula is C19H16Cl4N4OS. The van der Waals surface area contributed by atoms with Crippen molar-refractivity contribution in [3.8, 4) is 0 Å². The van der Waals surface area contributed by atoms with Crippen molar-refractivity contribution in [2.75, 3.05) is 0 Å². The Bertz CT molecular complexity index is 1040. The molecule has 2 aromatic carbocycles. The van der Waals surface area contributed by atoms with E-state index >= 15 is 0 Å². The third-order valence-corrected chi connectivity index (χ3v) is 6.21. The molecule has 0 radical (unpaired) electrons. The lowest BCUT2D eigenvalue weighted by Gasteiger charge is -2.10. The van der Waals surface area contributed by atoms with E-state index in [1.54, 1.807) is 24.3 Å². The molecule has 0 spiro atoms. The summed E-state index contributed by atoms with van der Waals surface area (Å²) in [4.78, 5) is 12.4. The lowest BCUT2D eigenvalue weighted by Crippen LogP contribution is -2.25. The Balaban J connectivity index is 1.66. The minimum absolute atomic E-state index is 0.223. The van der Waals surface area contributed by atoms with Gasteiger partial charge in [0.1, 0.15) is 0 Å². The van der Waals surface area contributed by atoms with Crippen molar-refractivity contribution in [3.63, 3.8) is 0 Å². The molecule has 29 heavy (non-hydrogen) atoms. The van der Waals surface area contributed by atoms with Gasteiger partial charge in [0.05, 0.1) is 17.1 Å². The minimum atomic E-state index is -0.306. The number of nitrogens with zero attached hydrogens (tertiary/aromatic N) is 3. The normalized spacial score (nSPS) is 10.9. The van der Waals surface area contributed by atoms with Crippen LogP contribution >= 0.6 is 58.2 Å². The number of hydrogen-bond acceptors (Lipinski definition) is 4. The van der Waals surface area contributed by atoms with Crippen LogP contribution in [-0.2, 0) is 18.8 Å². The topological polar surface area (TPSA) is 59.8 Å². The van der Waals surface area contributed by atoms with Crippen LogP contribution in [0.1, 0.15) is 28.7 Å². The van der Waals surface area contributed by atoms with Crippen LogP contribution in [0.4, 0.5) is 0 Å². The minimum Gasteiger partial charge on any atom is -0.345 e. The summed E-state index contributed by atoms with van der Waals surface area (Å²) in [7, 11) is 0. The molecule has 0 aliphatic rings. The van der Waals surface area contributed by atoms with Gasteiger partial charge in [-0.25, -0.2) is 0 Å². The van der Waals surface area contributed by atoms with Gasteiger partial charge >= 0.3 is 0 Å². The van der Waals surface area contributed by atoms with Gasteiger partial charge < -0.3 is 9.88 Å². The summed E-state index contributed by atoms with van der Waals surface area (Å²) < 4.78 is 1.94. The molecule has 0 saturated carbocycles. The maximum Gasteiger partial charge on any atom is 0.253 e. The maximum absolute atomic E-state index is 12.4. The van der Waals surface area contributed by atoms with Crippen molar-refractivity contribution in [3.05, 3.63) is 73.4 Å². The number of halogens is 4. The number of nitrogens with one attached hydrogen (secondary N) is 1. The van der Waals surface area contributed by atoms with Crippen LogP contribution in [0.5, 0.6) is 0 Å². The quantitative estimate of drug-likeness (QED) is 0.405. The van der Waals surface area contributed by atoms with Gasteiger partial charge in [-0.15, -0.1) is 10.2 Å². The number of benzene rings is 2. The zero-order valence-corrected chi connectivity index (χ0v) is 19.1. The van der Waals surface area contributed by atoms with Gasteiger partial charge in [0.15, 0.2) is 11.0 Å². The Kier molecular flexibility index (Phi) is 7.71. The van der Waals surface area contributed by atoms with Crippen LogP contribution in [-0.4, -0.2) is 20.7 Å². The fourth-order valence-electron chi connectivity index (χ4n) is 2.58. The van der Waals surface area contributed by atoms with E-state index in [4.69, 9.17) is 46.4 Å². The second kappa shape index (κ2) is 10.0. The van der Waals surface area contributed by atoms with E-state index in [9.17, 15) is 4.79 Å². The van der Waals surface area contributed by atoms with E-state index in [-0.39, 0.29) is 12.5 Å². The molecule has 1 amide bonds. The van der Waals surface area contributed by atoms with Crippen molar-refractivity contribution < 1.29 is 4.79 Å². The van der Waals surface area contributed by atoms with Crippen molar-refractivity contribution >= 4 is 64.1 Å². The Morgan fingerprint density at radius 1 is 1.03 bits per heavy atom. The Labute approximate surface area is 192 Å². The number of aromatic nitrogens is 3. The zero-order valence-electron chi connectivity index (χ0n) is 15.3. The molecule has 152 valence electrons. The summed E-state index contributed by atoms with van der Waals surface area (Å²) in [5.41, 5.74) is 1.31. The predicted octanol–water partition coefficient (Wildman–Crippen LogP) is 6.13. The molecule has 3 rings (SSSR count). The van der Waals surface area contributed by atoms with E-state index < -0.39 is 0 Å². The van der Waals surface area contributed by atoms with Gasteiger partial charge in [-0.05, 0) is 42.8 Å². The first-order valence-electron chi connectivity index (χ1n) is 8.61. The molecule has 0 unspecified atom stereocenters. The van der Waals surface area contributed by atoms with E-state index in [0.29, 0.717) is 43.8 Å². The van der Waals surface area contributed by atoms with Gasteiger partial charge in [-0.2, -0.15) is 0 Å². The predicted molar refractivity (Wildman–Crippen MR) is 119 cm³/mol. The molecule has 0 atom stereocenters. The molecule has 0 bridgehead atoms. The van der Waals surface area contributed by atoms with Gasteiger partial charge in [0.2, 0.25) is 0 Å². The van der Waals surface area contributed by atoms with Crippen molar-refractivity contribution in [1.29, 1.82) is 0 Å². The first kappa shape index (κ1) is 22.2. The molecule has 0 fully saturated rings. The Morgan fingerprint density at radius 3 is 2.38 bits per heavy atom. The smallest absolute Gasteiger partial charge is 0.253 e. The highest BCUT2D eigenvalue weighted by molar-refractivity contribution is 7.98. The average Bonchev–Trinajstić information content (AvgIpc) is 3.07. The number of thioether (sulfide) groups is 1. The standard InChI is InChI=1S/C19H16Cl4N4OS/c1-2-27-17(9-24-18(28)14-6-5-13(21)8-16(14)23)25-26-19(27)29-10-11-3-4-12(20)7-15(11)22/h3-8H,2,9-10H2,1H3,(H,24,28). The van der Waals surface area contributed by atoms with Crippen LogP contribution in [0.15, 0.2) is 41.6 Å². The first-order chi connectivity index (χ1) is 13.9. The largest absolute Gasteiger partial charge is 0.345 e. The highest BCUT2D eigenvalue weighted by Gasteiger charge is 2.15. The van der Waals surface area contributed by atoms with Crippen LogP contribution in [0.3, 0.4) is 0 Å². The third-order valence-electron chi connectivity index (χ3n) is 4.06. The van der Waals surface area contributed by atoms with Gasteiger partial charge in [0.25, 0.3) is 5.91 Å². The summed E-state index contributed by atoms with van der Waals surface area (Å²) in [5.74, 6) is 0.969. The van der Waals surface area contributed by atoms with Crippen LogP contribution in [0.25, 0.3) is 0 Å². The van der Waals surface area contributed by atoms with Gasteiger partial charge in [-0.1, -0.05) is 64.2 Å². The molecule has 0 aliphatic heterocycles. The van der Waals surface area contributed by atoms with E-state index in [0.717, 1.165) is 10.7 Å². The lowest BCUT2D eigenvalue weighted by atomic mass is 10.2. The van der Waals surface area contributed by atoms with Crippen LogP contribution in [0.2, 0.25) is 20.1 Å². The summed E-state index contributed by atoms with van der Waals surface area (Å²) in [6, 6.07) is 10.1. The number of carbonyl (C=O) groups is 1. The summed E-state index contributed by atoms with van der Waals surface area (Å²) >= 11 is 25.6. The van der Waals surface area contributed by atoms with Crippen LogP contribution in [0, 0.1) is 0 Å². The number of hydrogen-bond donors (Lipinski definition) is 1. The maximum atomic E-state index is 12.4. The Hall–Kier alpha value is -1.44. The van der Waals surface area contributed by atoms with Crippen molar-refractivity contribution in [2.45, 2.75) is 30.9 Å². The zero-order chi connectivity index (χ0) is 21.0. The van der Waals surface area contributed by atoms with Gasteiger partial charge in [0, 0.05) is 27.4 Å². The van der Waals surface area contributed by atoms with Crippen molar-refractivity contribution in [2.24, 2.45) is 0 Å². The highest BCUT2D eigenvalue weighted by atomic mass is 35.5. The van der Waals surface area contributed by atoms with E-state index in [2.05, 4.69) is 15.5 Å². The van der Waals surface area contributed by atoms with E-state index in [1.807, 2.05) is 17.6 Å². The fraction of sp³-hybridized carbons (Fsp3) is 0.211. The molecular weight excluding hydrogens is 474 g/mol. The summed E-state index contributed by atoms with van der Waals surface area (Å²) in [6.45, 7) is 2.88. The molecule has 1 heterocycles.